The van der Waals surface area contributed by atoms with Gasteiger partial charge in [0, 0.05) is 6.04 Å². The Balaban J connectivity index is 1.91. The Morgan fingerprint density at radius 1 is 1.30 bits per heavy atom. The predicted molar refractivity (Wildman–Crippen MR) is 80.9 cm³/mol. The Hall–Kier alpha value is -0.610. The molecule has 2 unspecified atom stereocenters. The maximum absolute atomic E-state index is 11.7. The van der Waals surface area contributed by atoms with E-state index in [2.05, 4.69) is 17.3 Å². The van der Waals surface area contributed by atoms with Crippen LogP contribution in [0.2, 0.25) is 0 Å². The van der Waals surface area contributed by atoms with Crippen molar-refractivity contribution in [2.24, 2.45) is 5.92 Å². The smallest absolute Gasteiger partial charge is 0.324 e. The number of carbonyl (C=O) groups is 1. The van der Waals surface area contributed by atoms with Gasteiger partial charge in [0.15, 0.2) is 0 Å². The molecule has 0 bridgehead atoms. The van der Waals surface area contributed by atoms with Gasteiger partial charge in [-0.15, -0.1) is 0 Å². The van der Waals surface area contributed by atoms with Gasteiger partial charge in [-0.05, 0) is 58.2 Å². The Bertz CT molecular complexity index is 328. The van der Waals surface area contributed by atoms with Crippen LogP contribution in [0.3, 0.4) is 0 Å². The SMILES string of the molecule is CCNC1(C(=O)O)CCCC1CCN(C)C1CCCC1. The zero-order valence-electron chi connectivity index (χ0n) is 13.0. The molecule has 2 fully saturated rings. The molecule has 2 saturated carbocycles. The molecule has 0 heterocycles. The molecule has 20 heavy (non-hydrogen) atoms. The molecule has 0 saturated heterocycles. The van der Waals surface area contributed by atoms with E-state index in [0.29, 0.717) is 0 Å². The first-order valence-electron chi connectivity index (χ1n) is 8.29. The summed E-state index contributed by atoms with van der Waals surface area (Å²) in [5.41, 5.74) is -0.661. The Morgan fingerprint density at radius 2 is 2.00 bits per heavy atom. The summed E-state index contributed by atoms with van der Waals surface area (Å²) in [4.78, 5) is 14.2. The molecule has 2 aliphatic carbocycles. The minimum atomic E-state index is -0.661. The maximum atomic E-state index is 11.7. The van der Waals surface area contributed by atoms with Gasteiger partial charge in [0.05, 0.1) is 0 Å². The molecule has 0 amide bonds. The quantitative estimate of drug-likeness (QED) is 0.753. The number of nitrogens with zero attached hydrogens (tertiary/aromatic N) is 1. The summed E-state index contributed by atoms with van der Waals surface area (Å²) >= 11 is 0. The zero-order valence-corrected chi connectivity index (χ0v) is 13.0. The minimum absolute atomic E-state index is 0.281. The van der Waals surface area contributed by atoms with Crippen molar-refractivity contribution < 1.29 is 9.90 Å². The molecular formula is C16H30N2O2. The third kappa shape index (κ3) is 3.17. The van der Waals surface area contributed by atoms with Crippen molar-refractivity contribution in [1.82, 2.24) is 10.2 Å². The van der Waals surface area contributed by atoms with Gasteiger partial charge in [0.25, 0.3) is 0 Å². The van der Waals surface area contributed by atoms with Gasteiger partial charge in [-0.25, -0.2) is 0 Å². The van der Waals surface area contributed by atoms with Crippen molar-refractivity contribution in [2.45, 2.75) is 69.9 Å². The largest absolute Gasteiger partial charge is 0.480 e. The lowest BCUT2D eigenvalue weighted by atomic mass is 9.84. The number of hydrogen-bond acceptors (Lipinski definition) is 3. The van der Waals surface area contributed by atoms with Crippen LogP contribution in [0.5, 0.6) is 0 Å². The molecule has 2 N–H and O–H groups in total. The first-order valence-corrected chi connectivity index (χ1v) is 8.29. The lowest BCUT2D eigenvalue weighted by Gasteiger charge is -2.34. The molecule has 0 spiro atoms. The van der Waals surface area contributed by atoms with Crippen molar-refractivity contribution in [3.63, 3.8) is 0 Å². The lowest BCUT2D eigenvalue weighted by Crippen LogP contribution is -2.55. The third-order valence-corrected chi connectivity index (χ3v) is 5.47. The van der Waals surface area contributed by atoms with Crippen LogP contribution in [-0.2, 0) is 4.79 Å². The number of carboxylic acids is 1. The van der Waals surface area contributed by atoms with Crippen molar-refractivity contribution in [3.05, 3.63) is 0 Å². The minimum Gasteiger partial charge on any atom is -0.480 e. The highest BCUT2D eigenvalue weighted by atomic mass is 16.4. The van der Waals surface area contributed by atoms with Crippen LogP contribution in [0.1, 0.15) is 58.3 Å². The second kappa shape index (κ2) is 6.90. The number of rotatable bonds is 7. The van der Waals surface area contributed by atoms with Gasteiger partial charge in [-0.1, -0.05) is 26.2 Å². The topological polar surface area (TPSA) is 52.6 Å². The van der Waals surface area contributed by atoms with Crippen molar-refractivity contribution in [1.29, 1.82) is 0 Å². The number of hydrogen-bond donors (Lipinski definition) is 2. The van der Waals surface area contributed by atoms with Gasteiger partial charge in [-0.2, -0.15) is 0 Å². The van der Waals surface area contributed by atoms with Crippen LogP contribution in [-0.4, -0.2) is 47.7 Å². The summed E-state index contributed by atoms with van der Waals surface area (Å²) in [5, 5.41) is 12.9. The molecule has 2 aliphatic rings. The van der Waals surface area contributed by atoms with Crippen LogP contribution in [0, 0.1) is 5.92 Å². The number of aliphatic carboxylic acids is 1. The molecule has 0 aliphatic heterocycles. The molecular weight excluding hydrogens is 252 g/mol. The Labute approximate surface area is 122 Å². The summed E-state index contributed by atoms with van der Waals surface area (Å²) in [6, 6.07) is 0.731. The van der Waals surface area contributed by atoms with Crippen molar-refractivity contribution in [2.75, 3.05) is 20.1 Å². The summed E-state index contributed by atoms with van der Waals surface area (Å²) in [6.07, 6.45) is 9.23. The predicted octanol–water partition coefficient (Wildman–Crippen LogP) is 2.48. The molecule has 4 heteroatoms. The normalized spacial score (nSPS) is 31.2. The summed E-state index contributed by atoms with van der Waals surface area (Å²) < 4.78 is 0. The van der Waals surface area contributed by atoms with E-state index < -0.39 is 11.5 Å². The molecule has 0 aromatic heterocycles. The monoisotopic (exact) mass is 282 g/mol. The summed E-state index contributed by atoms with van der Waals surface area (Å²) in [7, 11) is 2.21. The molecule has 2 rings (SSSR count). The van der Waals surface area contributed by atoms with Crippen LogP contribution in [0.25, 0.3) is 0 Å². The number of likely N-dealkylation sites (N-methyl/N-ethyl adjacent to an activating group) is 1. The first-order chi connectivity index (χ1) is 9.60. The fraction of sp³-hybridized carbons (Fsp3) is 0.938. The van der Waals surface area contributed by atoms with E-state index in [4.69, 9.17) is 0 Å². The Morgan fingerprint density at radius 3 is 2.60 bits per heavy atom. The lowest BCUT2D eigenvalue weighted by molar-refractivity contribution is -0.146. The van der Waals surface area contributed by atoms with Crippen LogP contribution >= 0.6 is 0 Å². The molecule has 0 aromatic carbocycles. The van der Waals surface area contributed by atoms with E-state index in [1.165, 1.54) is 25.7 Å². The van der Waals surface area contributed by atoms with Gasteiger partial charge >= 0.3 is 5.97 Å². The second-order valence-electron chi connectivity index (χ2n) is 6.60. The fourth-order valence-corrected chi connectivity index (χ4v) is 4.26. The van der Waals surface area contributed by atoms with Gasteiger partial charge in [-0.3, -0.25) is 4.79 Å². The second-order valence-corrected chi connectivity index (χ2v) is 6.60. The van der Waals surface area contributed by atoms with E-state index in [1.807, 2.05) is 6.92 Å². The van der Waals surface area contributed by atoms with E-state index in [1.54, 1.807) is 0 Å². The van der Waals surface area contributed by atoms with Crippen molar-refractivity contribution >= 4 is 5.97 Å². The highest BCUT2D eigenvalue weighted by Crippen LogP contribution is 2.38. The van der Waals surface area contributed by atoms with Crippen LogP contribution in [0.15, 0.2) is 0 Å². The van der Waals surface area contributed by atoms with E-state index in [-0.39, 0.29) is 5.92 Å². The van der Waals surface area contributed by atoms with Gasteiger partial charge in [0.2, 0.25) is 0 Å². The highest BCUT2D eigenvalue weighted by Gasteiger charge is 2.48. The van der Waals surface area contributed by atoms with Crippen LogP contribution < -0.4 is 5.32 Å². The number of carboxylic acid groups (broad SMARTS) is 1. The molecule has 2 atom stereocenters. The Kier molecular flexibility index (Phi) is 5.44. The fourth-order valence-electron chi connectivity index (χ4n) is 4.26. The number of nitrogens with one attached hydrogen (secondary N) is 1. The van der Waals surface area contributed by atoms with Gasteiger partial charge in [0.1, 0.15) is 5.54 Å². The standard InChI is InChI=1S/C16H30N2O2/c1-3-17-16(15(19)20)11-6-7-13(16)10-12-18(2)14-8-4-5-9-14/h13-14,17H,3-12H2,1-2H3,(H,19,20). The summed E-state index contributed by atoms with van der Waals surface area (Å²) in [5.74, 6) is -0.367. The average molecular weight is 282 g/mol. The van der Waals surface area contributed by atoms with Crippen molar-refractivity contribution in [3.8, 4) is 0 Å². The third-order valence-electron chi connectivity index (χ3n) is 5.47. The first kappa shape index (κ1) is 15.8. The molecule has 0 aromatic rings. The molecule has 116 valence electrons. The highest BCUT2D eigenvalue weighted by molar-refractivity contribution is 5.79. The van der Waals surface area contributed by atoms with E-state index in [0.717, 1.165) is 44.8 Å². The zero-order chi connectivity index (χ0) is 14.6. The van der Waals surface area contributed by atoms with E-state index in [9.17, 15) is 9.90 Å². The maximum Gasteiger partial charge on any atom is 0.324 e. The van der Waals surface area contributed by atoms with Crippen LogP contribution in [0.4, 0.5) is 0 Å². The molecule has 0 radical (unpaired) electrons. The summed E-state index contributed by atoms with van der Waals surface area (Å²) in [6.45, 7) is 3.78. The average Bonchev–Trinajstić information content (AvgIpc) is 3.06. The molecule has 4 nitrogen and oxygen atoms in total. The van der Waals surface area contributed by atoms with Gasteiger partial charge < -0.3 is 15.3 Å². The van der Waals surface area contributed by atoms with E-state index >= 15 is 0 Å².